The van der Waals surface area contributed by atoms with Crippen molar-refractivity contribution < 1.29 is 22.8 Å². The molecule has 1 aromatic heterocycles. The van der Waals surface area contributed by atoms with Crippen molar-refractivity contribution in [2.45, 2.75) is 13.1 Å². The van der Waals surface area contributed by atoms with Gasteiger partial charge in [-0.2, -0.15) is 13.2 Å². The molecule has 0 saturated heterocycles. The molecule has 11 heteroatoms. The zero-order valence-corrected chi connectivity index (χ0v) is 16.3. The Morgan fingerprint density at radius 3 is 2.47 bits per heavy atom. The second kappa shape index (κ2) is 8.80. The van der Waals surface area contributed by atoms with Gasteiger partial charge in [-0.05, 0) is 30.7 Å². The Bertz CT molecular complexity index is 1130. The molecule has 1 aromatic carbocycles. The highest BCUT2D eigenvalue weighted by Crippen LogP contribution is 2.18. The monoisotopic (exact) mass is 424 g/mol. The highest BCUT2D eigenvalue weighted by Gasteiger charge is 2.28. The third-order valence-corrected chi connectivity index (χ3v) is 4.09. The Labute approximate surface area is 168 Å². The van der Waals surface area contributed by atoms with E-state index in [4.69, 9.17) is 0 Å². The number of anilines is 1. The van der Waals surface area contributed by atoms with E-state index in [1.54, 1.807) is 12.2 Å². The van der Waals surface area contributed by atoms with E-state index in [9.17, 15) is 32.3 Å². The van der Waals surface area contributed by atoms with Crippen molar-refractivity contribution in [3.63, 3.8) is 0 Å². The van der Waals surface area contributed by atoms with Crippen molar-refractivity contribution in [3.8, 4) is 0 Å². The van der Waals surface area contributed by atoms with Crippen molar-refractivity contribution in [1.29, 1.82) is 0 Å². The maximum absolute atomic E-state index is 12.3. The molecule has 0 aliphatic carbocycles. The van der Waals surface area contributed by atoms with E-state index >= 15 is 0 Å². The van der Waals surface area contributed by atoms with E-state index in [2.05, 4.69) is 5.32 Å². The Balaban J connectivity index is 2.17. The van der Waals surface area contributed by atoms with Gasteiger partial charge in [0.1, 0.15) is 6.54 Å². The first-order valence-corrected chi connectivity index (χ1v) is 8.60. The summed E-state index contributed by atoms with van der Waals surface area (Å²) in [4.78, 5) is 47.8. The van der Waals surface area contributed by atoms with Crippen LogP contribution in [0.4, 0.5) is 18.9 Å². The Hall–Kier alpha value is -3.63. The van der Waals surface area contributed by atoms with Crippen LogP contribution >= 0.6 is 0 Å². The van der Waals surface area contributed by atoms with E-state index in [1.165, 1.54) is 49.1 Å². The molecule has 0 atom stereocenters. The number of alkyl halides is 3. The molecule has 0 saturated carbocycles. The van der Waals surface area contributed by atoms with Crippen LogP contribution in [-0.2, 0) is 18.9 Å². The number of hydrogen-bond donors (Lipinski definition) is 2. The van der Waals surface area contributed by atoms with Crippen LogP contribution in [0.5, 0.6) is 0 Å². The first-order chi connectivity index (χ1) is 13.9. The van der Waals surface area contributed by atoms with Gasteiger partial charge in [0.15, 0.2) is 0 Å². The van der Waals surface area contributed by atoms with E-state index in [-0.39, 0.29) is 16.8 Å². The molecule has 2 rings (SSSR count). The van der Waals surface area contributed by atoms with Crippen LogP contribution in [0.1, 0.15) is 21.5 Å². The molecule has 0 radical (unpaired) electrons. The lowest BCUT2D eigenvalue weighted by Gasteiger charge is -2.11. The van der Waals surface area contributed by atoms with Gasteiger partial charge in [0.25, 0.3) is 11.5 Å². The van der Waals surface area contributed by atoms with Crippen LogP contribution in [0.2, 0.25) is 0 Å². The maximum atomic E-state index is 12.3. The minimum Gasteiger partial charge on any atom is -0.343 e. The van der Waals surface area contributed by atoms with Crippen LogP contribution in [0.25, 0.3) is 6.08 Å². The predicted molar refractivity (Wildman–Crippen MR) is 104 cm³/mol. The van der Waals surface area contributed by atoms with Crippen molar-refractivity contribution in [2.24, 2.45) is 14.1 Å². The number of aromatic nitrogens is 2. The summed E-state index contributed by atoms with van der Waals surface area (Å²) in [7, 11) is 2.76. The SMILES string of the molecule is Cc1ccc(C(=O)NCC(F)(F)F)cc1NC(=O)/C=C/c1cn(C)c(=O)n(C)c1=O. The van der Waals surface area contributed by atoms with Gasteiger partial charge in [-0.15, -0.1) is 0 Å². The number of carbonyl (C=O) groups excluding carboxylic acids is 2. The van der Waals surface area contributed by atoms with Crippen molar-refractivity contribution >= 4 is 23.6 Å². The van der Waals surface area contributed by atoms with Gasteiger partial charge in [-0.25, -0.2) is 4.79 Å². The third-order valence-electron chi connectivity index (χ3n) is 4.09. The first kappa shape index (κ1) is 22.7. The molecule has 0 bridgehead atoms. The minimum absolute atomic E-state index is 0.0592. The molecule has 2 aromatic rings. The lowest BCUT2D eigenvalue weighted by molar-refractivity contribution is -0.123. The average molecular weight is 424 g/mol. The number of rotatable bonds is 5. The Morgan fingerprint density at radius 1 is 1.17 bits per heavy atom. The molecule has 0 spiro atoms. The van der Waals surface area contributed by atoms with Crippen molar-refractivity contribution in [2.75, 3.05) is 11.9 Å². The standard InChI is InChI=1S/C19H19F3N4O4/c1-11-4-5-12(16(28)23-10-19(20,21)22)8-14(11)24-15(27)7-6-13-9-25(2)18(30)26(3)17(13)29/h4-9H,10H2,1-3H3,(H,23,28)(H,24,27)/b7-6+. The van der Waals surface area contributed by atoms with Gasteiger partial charge in [0, 0.05) is 37.6 Å². The molecule has 8 nitrogen and oxygen atoms in total. The molecule has 0 aliphatic heterocycles. The van der Waals surface area contributed by atoms with Gasteiger partial charge in [0.2, 0.25) is 5.91 Å². The second-order valence-corrected chi connectivity index (χ2v) is 6.49. The summed E-state index contributed by atoms with van der Waals surface area (Å²) >= 11 is 0. The number of nitrogens with one attached hydrogen (secondary N) is 2. The summed E-state index contributed by atoms with van der Waals surface area (Å²) in [6.45, 7) is 0.165. The van der Waals surface area contributed by atoms with Crippen LogP contribution in [-0.4, -0.2) is 33.7 Å². The van der Waals surface area contributed by atoms with Crippen LogP contribution < -0.4 is 21.9 Å². The average Bonchev–Trinajstić information content (AvgIpc) is 2.67. The van der Waals surface area contributed by atoms with Gasteiger partial charge >= 0.3 is 11.9 Å². The zero-order chi connectivity index (χ0) is 22.6. The molecular weight excluding hydrogens is 405 g/mol. The summed E-state index contributed by atoms with van der Waals surface area (Å²) in [5, 5.41) is 4.25. The molecule has 0 unspecified atom stereocenters. The lowest BCUT2D eigenvalue weighted by Crippen LogP contribution is -2.37. The molecule has 0 fully saturated rings. The Morgan fingerprint density at radius 2 is 1.83 bits per heavy atom. The van der Waals surface area contributed by atoms with E-state index in [1.807, 2.05) is 0 Å². The summed E-state index contributed by atoms with van der Waals surface area (Å²) in [5.41, 5.74) is -0.262. The fourth-order valence-corrected chi connectivity index (χ4v) is 2.47. The van der Waals surface area contributed by atoms with E-state index in [0.29, 0.717) is 5.56 Å². The Kier molecular flexibility index (Phi) is 6.65. The minimum atomic E-state index is -4.54. The fraction of sp³-hybridized carbons (Fsp3) is 0.263. The maximum Gasteiger partial charge on any atom is 0.405 e. The molecule has 1 heterocycles. The second-order valence-electron chi connectivity index (χ2n) is 6.49. The summed E-state index contributed by atoms with van der Waals surface area (Å²) in [6.07, 6.45) is -0.963. The van der Waals surface area contributed by atoms with Crippen LogP contribution in [0, 0.1) is 6.92 Å². The lowest BCUT2D eigenvalue weighted by atomic mass is 10.1. The van der Waals surface area contributed by atoms with Crippen LogP contribution in [0.3, 0.4) is 0 Å². The summed E-state index contributed by atoms with van der Waals surface area (Å²) in [6, 6.07) is 4.06. The molecule has 0 aliphatic rings. The number of amides is 2. The number of benzene rings is 1. The highest BCUT2D eigenvalue weighted by molar-refractivity contribution is 6.03. The first-order valence-electron chi connectivity index (χ1n) is 8.60. The van der Waals surface area contributed by atoms with Gasteiger partial charge in [0.05, 0.1) is 5.56 Å². The topological polar surface area (TPSA) is 102 Å². The number of carbonyl (C=O) groups is 2. The normalized spacial score (nSPS) is 11.5. The number of aryl methyl sites for hydroxylation is 2. The van der Waals surface area contributed by atoms with Crippen LogP contribution in [0.15, 0.2) is 40.1 Å². The zero-order valence-electron chi connectivity index (χ0n) is 16.3. The number of hydrogen-bond acceptors (Lipinski definition) is 4. The fourth-order valence-electron chi connectivity index (χ4n) is 2.47. The predicted octanol–water partition coefficient (Wildman–Crippen LogP) is 1.34. The summed E-state index contributed by atoms with van der Waals surface area (Å²) in [5.74, 6) is -1.58. The van der Waals surface area contributed by atoms with Crippen molar-refractivity contribution in [3.05, 3.63) is 68.0 Å². The quantitative estimate of drug-likeness (QED) is 0.707. The van der Waals surface area contributed by atoms with Gasteiger partial charge in [-0.1, -0.05) is 6.07 Å². The third kappa shape index (κ3) is 5.69. The molecule has 2 N–H and O–H groups in total. The van der Waals surface area contributed by atoms with Gasteiger partial charge in [-0.3, -0.25) is 19.0 Å². The van der Waals surface area contributed by atoms with E-state index < -0.39 is 35.8 Å². The van der Waals surface area contributed by atoms with Gasteiger partial charge < -0.3 is 15.2 Å². The molecule has 30 heavy (non-hydrogen) atoms. The van der Waals surface area contributed by atoms with E-state index in [0.717, 1.165) is 10.6 Å². The number of nitrogens with zero attached hydrogens (tertiary/aromatic N) is 2. The molecule has 160 valence electrons. The summed E-state index contributed by atoms with van der Waals surface area (Å²) < 4.78 is 38.8. The smallest absolute Gasteiger partial charge is 0.343 e. The molecule has 2 amide bonds. The van der Waals surface area contributed by atoms with Crippen molar-refractivity contribution in [1.82, 2.24) is 14.5 Å². The largest absolute Gasteiger partial charge is 0.405 e. The highest BCUT2D eigenvalue weighted by atomic mass is 19.4. The number of halogens is 3. The molecular formula is C19H19F3N4O4.